The number of nitrogens with two attached hydrogens (primary N) is 1. The summed E-state index contributed by atoms with van der Waals surface area (Å²) in [6.45, 7) is 4.09. The lowest BCUT2D eigenvalue weighted by molar-refractivity contribution is -0.131. The zero-order chi connectivity index (χ0) is 20.2. The van der Waals surface area contributed by atoms with Crippen molar-refractivity contribution in [3.05, 3.63) is 65.9 Å². The van der Waals surface area contributed by atoms with Crippen molar-refractivity contribution in [3.63, 3.8) is 0 Å². The monoisotopic (exact) mass is 389 g/mol. The number of carbonyl (C=O) groups is 1. The Bertz CT molecular complexity index is 993. The van der Waals surface area contributed by atoms with Crippen molar-refractivity contribution in [2.45, 2.75) is 32.1 Å². The second-order valence-corrected chi connectivity index (χ2v) is 7.56. The van der Waals surface area contributed by atoms with E-state index in [4.69, 9.17) is 15.5 Å². The van der Waals surface area contributed by atoms with Crippen LogP contribution in [-0.4, -0.2) is 35.5 Å². The minimum absolute atomic E-state index is 0.173. The molecule has 2 N–H and O–H groups in total. The van der Waals surface area contributed by atoms with Gasteiger partial charge in [0, 0.05) is 24.4 Å². The number of anilines is 1. The maximum absolute atomic E-state index is 12.7. The average molecular weight is 389 g/mol. The van der Waals surface area contributed by atoms with Crippen molar-refractivity contribution in [1.29, 1.82) is 0 Å². The van der Waals surface area contributed by atoms with Crippen LogP contribution in [-0.2, 0) is 11.2 Å². The van der Waals surface area contributed by atoms with Gasteiger partial charge < -0.3 is 15.4 Å². The molecule has 1 fully saturated rings. The molecule has 5 nitrogen and oxygen atoms in total. The molecule has 1 saturated heterocycles. The molecule has 29 heavy (non-hydrogen) atoms. The first-order valence-electron chi connectivity index (χ1n) is 10.3. The highest BCUT2D eigenvalue weighted by Gasteiger charge is 2.26. The van der Waals surface area contributed by atoms with Crippen molar-refractivity contribution in [2.75, 3.05) is 25.4 Å². The summed E-state index contributed by atoms with van der Waals surface area (Å²) in [4.78, 5) is 19.5. The van der Waals surface area contributed by atoms with E-state index in [2.05, 4.69) is 0 Å². The summed E-state index contributed by atoms with van der Waals surface area (Å²) in [6, 6.07) is 17.8. The SMILES string of the molecule is CCOc1ccc(CC(=O)N2CCC(c3nc4ccccc4cc3N)CC2)cc1. The third kappa shape index (κ3) is 4.34. The maximum atomic E-state index is 12.7. The van der Waals surface area contributed by atoms with E-state index in [-0.39, 0.29) is 5.91 Å². The van der Waals surface area contributed by atoms with E-state index in [0.29, 0.717) is 18.9 Å². The number of carbonyl (C=O) groups excluding carboxylic acids is 1. The van der Waals surface area contributed by atoms with Crippen LogP contribution < -0.4 is 10.5 Å². The number of rotatable bonds is 5. The fraction of sp³-hybridized carbons (Fsp3) is 0.333. The van der Waals surface area contributed by atoms with Crippen molar-refractivity contribution in [3.8, 4) is 5.75 Å². The highest BCUT2D eigenvalue weighted by molar-refractivity contribution is 5.82. The Labute approximate surface area is 171 Å². The number of aromatic nitrogens is 1. The van der Waals surface area contributed by atoms with Crippen molar-refractivity contribution in [1.82, 2.24) is 9.88 Å². The summed E-state index contributed by atoms with van der Waals surface area (Å²) in [5.41, 5.74) is 10.0. The van der Waals surface area contributed by atoms with E-state index in [1.807, 2.05) is 66.4 Å². The second-order valence-electron chi connectivity index (χ2n) is 7.56. The number of ether oxygens (including phenoxy) is 1. The van der Waals surface area contributed by atoms with Gasteiger partial charge in [0.1, 0.15) is 5.75 Å². The molecular weight excluding hydrogens is 362 g/mol. The number of pyridine rings is 1. The topological polar surface area (TPSA) is 68.5 Å². The first-order valence-corrected chi connectivity index (χ1v) is 10.3. The number of nitrogen functional groups attached to an aromatic ring is 1. The van der Waals surface area contributed by atoms with Crippen LogP contribution in [0, 0.1) is 0 Å². The van der Waals surface area contributed by atoms with Crippen LogP contribution in [0.25, 0.3) is 10.9 Å². The molecule has 0 aliphatic carbocycles. The molecule has 1 aliphatic heterocycles. The summed E-state index contributed by atoms with van der Waals surface area (Å²) in [6.07, 6.45) is 2.21. The summed E-state index contributed by atoms with van der Waals surface area (Å²) in [7, 11) is 0. The molecule has 2 aromatic carbocycles. The first-order chi connectivity index (χ1) is 14.1. The number of benzene rings is 2. The second kappa shape index (κ2) is 8.52. The van der Waals surface area contributed by atoms with Crippen LogP contribution in [0.3, 0.4) is 0 Å². The number of piperidine rings is 1. The van der Waals surface area contributed by atoms with E-state index < -0.39 is 0 Å². The van der Waals surface area contributed by atoms with Gasteiger partial charge >= 0.3 is 0 Å². The number of likely N-dealkylation sites (tertiary alicyclic amines) is 1. The fourth-order valence-electron chi connectivity index (χ4n) is 4.03. The highest BCUT2D eigenvalue weighted by atomic mass is 16.5. The van der Waals surface area contributed by atoms with E-state index >= 15 is 0 Å². The van der Waals surface area contributed by atoms with Gasteiger partial charge in [-0.3, -0.25) is 9.78 Å². The number of nitrogens with zero attached hydrogens (tertiary/aromatic N) is 2. The van der Waals surface area contributed by atoms with Gasteiger partial charge in [0.25, 0.3) is 0 Å². The van der Waals surface area contributed by atoms with E-state index in [0.717, 1.165) is 59.5 Å². The fourth-order valence-corrected chi connectivity index (χ4v) is 4.03. The molecule has 0 unspecified atom stereocenters. The van der Waals surface area contributed by atoms with Gasteiger partial charge in [-0.25, -0.2) is 0 Å². The van der Waals surface area contributed by atoms with Gasteiger partial charge in [0.15, 0.2) is 0 Å². The van der Waals surface area contributed by atoms with E-state index in [1.54, 1.807) is 0 Å². The molecule has 5 heteroatoms. The smallest absolute Gasteiger partial charge is 0.226 e. The Hall–Kier alpha value is -3.08. The Balaban J connectivity index is 1.37. The predicted molar refractivity (Wildman–Crippen MR) is 116 cm³/mol. The maximum Gasteiger partial charge on any atom is 0.226 e. The van der Waals surface area contributed by atoms with Crippen molar-refractivity contribution < 1.29 is 9.53 Å². The Morgan fingerprint density at radius 1 is 1.14 bits per heavy atom. The third-order valence-corrected chi connectivity index (χ3v) is 5.61. The first kappa shape index (κ1) is 19.2. The standard InChI is InChI=1S/C24H27N3O2/c1-2-29-20-9-7-17(8-10-20)15-23(28)27-13-11-18(12-14-27)24-21(25)16-19-5-3-4-6-22(19)26-24/h3-10,16,18H,2,11-15,25H2,1H3. The molecule has 0 radical (unpaired) electrons. The molecule has 150 valence electrons. The lowest BCUT2D eigenvalue weighted by atomic mass is 9.91. The van der Waals surface area contributed by atoms with E-state index in [1.165, 1.54) is 0 Å². The van der Waals surface area contributed by atoms with Gasteiger partial charge in [-0.15, -0.1) is 0 Å². The summed E-state index contributed by atoms with van der Waals surface area (Å²) < 4.78 is 5.46. The third-order valence-electron chi connectivity index (χ3n) is 5.61. The normalized spacial score (nSPS) is 14.9. The van der Waals surface area contributed by atoms with Gasteiger partial charge in [0.05, 0.1) is 29.9 Å². The number of fused-ring (bicyclic) bond motifs is 1. The molecule has 0 saturated carbocycles. The predicted octanol–water partition coefficient (Wildman–Crippen LogP) is 4.16. The number of hydrogen-bond donors (Lipinski definition) is 1. The van der Waals surface area contributed by atoms with Crippen LogP contribution in [0.4, 0.5) is 5.69 Å². The zero-order valence-electron chi connectivity index (χ0n) is 16.8. The van der Waals surface area contributed by atoms with Crippen molar-refractivity contribution >= 4 is 22.5 Å². The van der Waals surface area contributed by atoms with Crippen LogP contribution in [0.5, 0.6) is 5.75 Å². The number of amides is 1. The zero-order valence-corrected chi connectivity index (χ0v) is 16.8. The average Bonchev–Trinajstić information content (AvgIpc) is 2.75. The largest absolute Gasteiger partial charge is 0.494 e. The van der Waals surface area contributed by atoms with Gasteiger partial charge in [-0.05, 0) is 49.6 Å². The Morgan fingerprint density at radius 2 is 1.86 bits per heavy atom. The van der Waals surface area contributed by atoms with Crippen LogP contribution in [0.2, 0.25) is 0 Å². The van der Waals surface area contributed by atoms with Gasteiger partial charge in [0.2, 0.25) is 5.91 Å². The summed E-state index contributed by atoms with van der Waals surface area (Å²) >= 11 is 0. The van der Waals surface area contributed by atoms with Crippen LogP contribution in [0.1, 0.15) is 36.9 Å². The quantitative estimate of drug-likeness (QED) is 0.711. The summed E-state index contributed by atoms with van der Waals surface area (Å²) in [5.74, 6) is 1.31. The minimum Gasteiger partial charge on any atom is -0.494 e. The van der Waals surface area contributed by atoms with Gasteiger partial charge in [-0.2, -0.15) is 0 Å². The van der Waals surface area contributed by atoms with Crippen LogP contribution in [0.15, 0.2) is 54.6 Å². The molecular formula is C24H27N3O2. The summed E-state index contributed by atoms with van der Waals surface area (Å²) in [5, 5.41) is 1.07. The molecule has 0 spiro atoms. The molecule has 0 bridgehead atoms. The van der Waals surface area contributed by atoms with Crippen molar-refractivity contribution in [2.24, 2.45) is 0 Å². The molecule has 1 amide bonds. The molecule has 4 rings (SSSR count). The van der Waals surface area contributed by atoms with E-state index in [9.17, 15) is 4.79 Å². The molecule has 0 atom stereocenters. The van der Waals surface area contributed by atoms with Crippen LogP contribution >= 0.6 is 0 Å². The minimum atomic E-state index is 0.173. The van der Waals surface area contributed by atoms with Gasteiger partial charge in [-0.1, -0.05) is 30.3 Å². The highest BCUT2D eigenvalue weighted by Crippen LogP contribution is 2.32. The molecule has 3 aromatic rings. The Kier molecular flexibility index (Phi) is 5.65. The number of para-hydroxylation sites is 1. The Morgan fingerprint density at radius 3 is 2.59 bits per heavy atom. The number of hydrogen-bond acceptors (Lipinski definition) is 4. The lowest BCUT2D eigenvalue weighted by Crippen LogP contribution is -2.39. The lowest BCUT2D eigenvalue weighted by Gasteiger charge is -2.32. The molecule has 1 aromatic heterocycles. The molecule has 2 heterocycles. The molecule has 1 aliphatic rings.